The smallest absolute Gasteiger partial charge is 0.0914 e. The number of thiophene rings is 1. The van der Waals surface area contributed by atoms with E-state index >= 15 is 0 Å². The third-order valence-electron chi connectivity index (χ3n) is 2.23. The SMILES string of the molecule is Cc1nc(-c2ccc(CC(N)CO)s2)cs1. The maximum absolute atomic E-state index is 8.89. The lowest BCUT2D eigenvalue weighted by atomic mass is 10.2. The molecule has 2 aromatic rings. The highest BCUT2D eigenvalue weighted by atomic mass is 32.1. The van der Waals surface area contributed by atoms with Crippen LogP contribution in [0.3, 0.4) is 0 Å². The molecule has 0 radical (unpaired) electrons. The van der Waals surface area contributed by atoms with E-state index in [0.29, 0.717) is 0 Å². The minimum absolute atomic E-state index is 0.0308. The Morgan fingerprint density at radius 2 is 2.31 bits per heavy atom. The lowest BCUT2D eigenvalue weighted by molar-refractivity contribution is 0.266. The molecule has 1 unspecified atom stereocenters. The molecule has 0 fully saturated rings. The van der Waals surface area contributed by atoms with Crippen LogP contribution in [0, 0.1) is 6.92 Å². The Balaban J connectivity index is 2.13. The Bertz CT molecular complexity index is 464. The fraction of sp³-hybridized carbons (Fsp3) is 0.364. The molecular formula is C11H14N2OS2. The van der Waals surface area contributed by atoms with Gasteiger partial charge in [0.2, 0.25) is 0 Å². The molecule has 0 aliphatic rings. The van der Waals surface area contributed by atoms with Gasteiger partial charge in [-0.2, -0.15) is 0 Å². The van der Waals surface area contributed by atoms with Gasteiger partial charge in [-0.05, 0) is 25.5 Å². The van der Waals surface area contributed by atoms with Crippen LogP contribution in [0.4, 0.5) is 0 Å². The number of nitrogens with two attached hydrogens (primary N) is 1. The summed E-state index contributed by atoms with van der Waals surface area (Å²) in [5.74, 6) is 0. The molecule has 5 heteroatoms. The van der Waals surface area contributed by atoms with Gasteiger partial charge in [0.05, 0.1) is 22.2 Å². The van der Waals surface area contributed by atoms with Crippen LogP contribution in [0.2, 0.25) is 0 Å². The maximum atomic E-state index is 8.89. The van der Waals surface area contributed by atoms with Crippen molar-refractivity contribution in [2.45, 2.75) is 19.4 Å². The van der Waals surface area contributed by atoms with Gasteiger partial charge in [-0.3, -0.25) is 0 Å². The number of aromatic nitrogens is 1. The molecule has 0 aliphatic carbocycles. The van der Waals surface area contributed by atoms with Gasteiger partial charge in [-0.15, -0.1) is 22.7 Å². The summed E-state index contributed by atoms with van der Waals surface area (Å²) >= 11 is 3.35. The highest BCUT2D eigenvalue weighted by Crippen LogP contribution is 2.29. The third-order valence-corrected chi connectivity index (χ3v) is 4.13. The van der Waals surface area contributed by atoms with Crippen molar-refractivity contribution in [3.63, 3.8) is 0 Å². The number of hydrogen-bond donors (Lipinski definition) is 2. The predicted octanol–water partition coefficient (Wildman–Crippen LogP) is 2.04. The number of thiazole rings is 1. The molecule has 0 aliphatic heterocycles. The molecule has 0 saturated heterocycles. The molecule has 2 aromatic heterocycles. The van der Waals surface area contributed by atoms with Gasteiger partial charge in [0.15, 0.2) is 0 Å². The van der Waals surface area contributed by atoms with Gasteiger partial charge in [0, 0.05) is 16.3 Å². The largest absolute Gasteiger partial charge is 0.395 e. The normalized spacial score (nSPS) is 12.9. The summed E-state index contributed by atoms with van der Waals surface area (Å²) in [6.07, 6.45) is 0.726. The van der Waals surface area contributed by atoms with E-state index in [1.54, 1.807) is 22.7 Å². The first-order chi connectivity index (χ1) is 7.69. The van der Waals surface area contributed by atoms with Crippen molar-refractivity contribution in [2.24, 2.45) is 5.73 Å². The van der Waals surface area contributed by atoms with Gasteiger partial charge in [-0.25, -0.2) is 4.98 Å². The van der Waals surface area contributed by atoms with E-state index in [-0.39, 0.29) is 12.6 Å². The van der Waals surface area contributed by atoms with Crippen LogP contribution in [0.15, 0.2) is 17.5 Å². The Hall–Kier alpha value is -0.750. The molecule has 0 bridgehead atoms. The topological polar surface area (TPSA) is 59.1 Å². The summed E-state index contributed by atoms with van der Waals surface area (Å²) in [5, 5.41) is 12.0. The van der Waals surface area contributed by atoms with Crippen LogP contribution in [-0.4, -0.2) is 22.7 Å². The zero-order valence-electron chi connectivity index (χ0n) is 9.01. The molecule has 0 aromatic carbocycles. The summed E-state index contributed by atoms with van der Waals surface area (Å²) < 4.78 is 0. The first kappa shape index (κ1) is 11.7. The van der Waals surface area contributed by atoms with Gasteiger partial charge in [0.25, 0.3) is 0 Å². The van der Waals surface area contributed by atoms with Gasteiger partial charge < -0.3 is 10.8 Å². The minimum Gasteiger partial charge on any atom is -0.395 e. The van der Waals surface area contributed by atoms with E-state index in [1.807, 2.05) is 6.92 Å². The van der Waals surface area contributed by atoms with Crippen LogP contribution < -0.4 is 5.73 Å². The second kappa shape index (κ2) is 5.05. The van der Waals surface area contributed by atoms with Crippen LogP contribution in [0.25, 0.3) is 10.6 Å². The number of nitrogens with zero attached hydrogens (tertiary/aromatic N) is 1. The van der Waals surface area contributed by atoms with E-state index in [4.69, 9.17) is 10.8 Å². The second-order valence-electron chi connectivity index (χ2n) is 3.66. The molecule has 2 heterocycles. The fourth-order valence-corrected chi connectivity index (χ4v) is 3.17. The van der Waals surface area contributed by atoms with Crippen LogP contribution in [0.5, 0.6) is 0 Å². The first-order valence-electron chi connectivity index (χ1n) is 5.06. The van der Waals surface area contributed by atoms with Crippen LogP contribution in [-0.2, 0) is 6.42 Å². The van der Waals surface area contributed by atoms with E-state index in [0.717, 1.165) is 17.1 Å². The molecule has 1 atom stereocenters. The predicted molar refractivity (Wildman–Crippen MR) is 68.9 cm³/mol. The van der Waals surface area contributed by atoms with Crippen molar-refractivity contribution in [1.82, 2.24) is 4.98 Å². The Morgan fingerprint density at radius 1 is 1.50 bits per heavy atom. The monoisotopic (exact) mass is 254 g/mol. The van der Waals surface area contributed by atoms with Crippen molar-refractivity contribution in [2.75, 3.05) is 6.61 Å². The molecule has 0 spiro atoms. The van der Waals surface area contributed by atoms with Crippen LogP contribution in [0.1, 0.15) is 9.88 Å². The molecule has 0 saturated carbocycles. The Labute approximate surface area is 103 Å². The second-order valence-corrected chi connectivity index (χ2v) is 5.90. The van der Waals surface area contributed by atoms with Crippen molar-refractivity contribution in [3.05, 3.63) is 27.4 Å². The summed E-state index contributed by atoms with van der Waals surface area (Å²) in [6.45, 7) is 2.04. The summed E-state index contributed by atoms with van der Waals surface area (Å²) in [4.78, 5) is 6.81. The van der Waals surface area contributed by atoms with E-state index < -0.39 is 0 Å². The quantitative estimate of drug-likeness (QED) is 0.878. The molecule has 2 rings (SSSR count). The number of rotatable bonds is 4. The van der Waals surface area contributed by atoms with Gasteiger partial charge >= 0.3 is 0 Å². The lowest BCUT2D eigenvalue weighted by Crippen LogP contribution is -2.26. The van der Waals surface area contributed by atoms with E-state index in [9.17, 15) is 0 Å². The average molecular weight is 254 g/mol. The summed E-state index contributed by atoms with van der Waals surface area (Å²) in [6, 6.07) is 3.96. The first-order valence-corrected chi connectivity index (χ1v) is 6.76. The van der Waals surface area contributed by atoms with E-state index in [2.05, 4.69) is 22.5 Å². The number of aliphatic hydroxyl groups is 1. The molecular weight excluding hydrogens is 240 g/mol. The average Bonchev–Trinajstić information content (AvgIpc) is 2.87. The van der Waals surface area contributed by atoms with E-state index in [1.165, 1.54) is 9.75 Å². The zero-order chi connectivity index (χ0) is 11.5. The molecule has 3 nitrogen and oxygen atoms in total. The zero-order valence-corrected chi connectivity index (χ0v) is 10.6. The van der Waals surface area contributed by atoms with Crippen LogP contribution >= 0.6 is 22.7 Å². The lowest BCUT2D eigenvalue weighted by Gasteiger charge is -2.04. The van der Waals surface area contributed by atoms with Crippen molar-refractivity contribution in [3.8, 4) is 10.6 Å². The Kier molecular flexibility index (Phi) is 3.70. The maximum Gasteiger partial charge on any atom is 0.0914 e. The summed E-state index contributed by atoms with van der Waals surface area (Å²) in [7, 11) is 0. The highest BCUT2D eigenvalue weighted by molar-refractivity contribution is 7.16. The molecule has 0 amide bonds. The number of hydrogen-bond acceptors (Lipinski definition) is 5. The van der Waals surface area contributed by atoms with Gasteiger partial charge in [0.1, 0.15) is 0 Å². The number of aryl methyl sites for hydroxylation is 1. The minimum atomic E-state index is -0.163. The molecule has 16 heavy (non-hydrogen) atoms. The standard InChI is InChI=1S/C11H14N2OS2/c1-7-13-10(6-15-7)11-3-2-9(16-11)4-8(12)5-14/h2-3,6,8,14H,4-5,12H2,1H3. The number of aliphatic hydroxyl groups excluding tert-OH is 1. The van der Waals surface area contributed by atoms with Crippen molar-refractivity contribution in [1.29, 1.82) is 0 Å². The highest BCUT2D eigenvalue weighted by Gasteiger charge is 2.08. The fourth-order valence-electron chi connectivity index (χ4n) is 1.42. The molecule has 86 valence electrons. The Morgan fingerprint density at radius 3 is 2.94 bits per heavy atom. The molecule has 3 N–H and O–H groups in total. The summed E-state index contributed by atoms with van der Waals surface area (Å²) in [5.41, 5.74) is 6.74. The van der Waals surface area contributed by atoms with Crippen molar-refractivity contribution < 1.29 is 5.11 Å². The third kappa shape index (κ3) is 2.68. The van der Waals surface area contributed by atoms with Gasteiger partial charge in [-0.1, -0.05) is 0 Å². The van der Waals surface area contributed by atoms with Crippen molar-refractivity contribution >= 4 is 22.7 Å².